The highest BCUT2D eigenvalue weighted by atomic mass is 16.5. The van der Waals surface area contributed by atoms with E-state index in [0.29, 0.717) is 17.1 Å². The van der Waals surface area contributed by atoms with Gasteiger partial charge in [0, 0.05) is 17.0 Å². The minimum atomic E-state index is -0.248. The molecular formula is C12H10N4O2. The van der Waals surface area contributed by atoms with E-state index in [4.69, 9.17) is 4.52 Å². The highest BCUT2D eigenvalue weighted by molar-refractivity contribution is 6.05. The number of carbonyl (C=O) groups excluding carboxylic acids is 1. The van der Waals surface area contributed by atoms with Crippen LogP contribution in [-0.2, 0) is 0 Å². The lowest BCUT2D eigenvalue weighted by atomic mass is 10.1. The van der Waals surface area contributed by atoms with E-state index in [1.807, 2.05) is 6.07 Å². The van der Waals surface area contributed by atoms with Crippen LogP contribution in [0.15, 0.2) is 35.0 Å². The first-order valence-corrected chi connectivity index (χ1v) is 5.40. The number of aromatic amines is 1. The molecule has 2 heterocycles. The first kappa shape index (κ1) is 10.5. The Bertz CT molecular complexity index is 714. The molecule has 90 valence electrons. The van der Waals surface area contributed by atoms with E-state index < -0.39 is 0 Å². The van der Waals surface area contributed by atoms with Crippen LogP contribution in [0.4, 0.5) is 5.88 Å². The van der Waals surface area contributed by atoms with Gasteiger partial charge < -0.3 is 4.52 Å². The Labute approximate surface area is 102 Å². The molecule has 18 heavy (non-hydrogen) atoms. The van der Waals surface area contributed by atoms with Crippen LogP contribution < -0.4 is 5.32 Å². The lowest BCUT2D eigenvalue weighted by Gasteiger charge is -2.00. The van der Waals surface area contributed by atoms with Gasteiger partial charge in [-0.05, 0) is 19.1 Å². The fraction of sp³-hybridized carbons (Fsp3) is 0.0833. The van der Waals surface area contributed by atoms with Gasteiger partial charge in [0.1, 0.15) is 0 Å². The first-order valence-electron chi connectivity index (χ1n) is 5.40. The van der Waals surface area contributed by atoms with Crippen molar-refractivity contribution in [3.05, 3.63) is 41.7 Å². The molecule has 0 saturated heterocycles. The Balaban J connectivity index is 1.87. The highest BCUT2D eigenvalue weighted by Gasteiger charge is 2.10. The summed E-state index contributed by atoms with van der Waals surface area (Å²) in [6, 6.07) is 6.96. The van der Waals surface area contributed by atoms with Crippen LogP contribution in [0.3, 0.4) is 0 Å². The fourth-order valence-electron chi connectivity index (χ4n) is 1.68. The third-order valence-electron chi connectivity index (χ3n) is 2.57. The number of H-pyrrole nitrogens is 1. The van der Waals surface area contributed by atoms with Crippen LogP contribution in [0, 0.1) is 6.92 Å². The first-order chi connectivity index (χ1) is 8.72. The maximum atomic E-state index is 12.0. The largest absolute Gasteiger partial charge is 0.338 e. The van der Waals surface area contributed by atoms with Gasteiger partial charge in [0.2, 0.25) is 5.88 Å². The van der Waals surface area contributed by atoms with Gasteiger partial charge in [-0.25, -0.2) is 0 Å². The standard InChI is InChI=1S/C12H10N4O2/c1-7-4-11(18-16-7)14-12(17)8-2-3-9-6-13-15-10(9)5-8/h2-6H,1H3,(H,13,15)(H,14,17). The van der Waals surface area contributed by atoms with Crippen molar-refractivity contribution in [2.24, 2.45) is 0 Å². The Kier molecular flexibility index (Phi) is 2.33. The molecule has 3 aromatic rings. The molecule has 0 radical (unpaired) electrons. The molecular weight excluding hydrogens is 232 g/mol. The van der Waals surface area contributed by atoms with Crippen molar-refractivity contribution in [1.82, 2.24) is 15.4 Å². The molecule has 0 unspecified atom stereocenters. The zero-order chi connectivity index (χ0) is 12.5. The molecule has 1 aromatic carbocycles. The molecule has 0 fully saturated rings. The van der Waals surface area contributed by atoms with Gasteiger partial charge in [0.05, 0.1) is 17.4 Å². The molecule has 0 aliphatic rings. The second-order valence-electron chi connectivity index (χ2n) is 3.96. The molecule has 3 rings (SSSR count). The summed E-state index contributed by atoms with van der Waals surface area (Å²) in [4.78, 5) is 12.0. The number of aromatic nitrogens is 3. The maximum absolute atomic E-state index is 12.0. The molecule has 0 saturated carbocycles. The van der Waals surface area contributed by atoms with Gasteiger partial charge in [0.15, 0.2) is 0 Å². The predicted octanol–water partition coefficient (Wildman–Crippen LogP) is 2.11. The van der Waals surface area contributed by atoms with Crippen molar-refractivity contribution in [1.29, 1.82) is 0 Å². The number of aryl methyl sites for hydroxylation is 1. The maximum Gasteiger partial charge on any atom is 0.258 e. The van der Waals surface area contributed by atoms with Gasteiger partial charge in [-0.15, -0.1) is 0 Å². The number of rotatable bonds is 2. The zero-order valence-electron chi connectivity index (χ0n) is 9.60. The van der Waals surface area contributed by atoms with E-state index in [2.05, 4.69) is 20.7 Å². The van der Waals surface area contributed by atoms with E-state index >= 15 is 0 Å². The van der Waals surface area contributed by atoms with Gasteiger partial charge in [-0.1, -0.05) is 11.2 Å². The van der Waals surface area contributed by atoms with Crippen molar-refractivity contribution in [3.63, 3.8) is 0 Å². The van der Waals surface area contributed by atoms with Crippen LogP contribution >= 0.6 is 0 Å². The molecule has 0 atom stereocenters. The SMILES string of the molecule is Cc1cc(NC(=O)c2ccc3cn[nH]c3c2)on1. The van der Waals surface area contributed by atoms with Crippen molar-refractivity contribution in [2.45, 2.75) is 6.92 Å². The Morgan fingerprint density at radius 3 is 3.06 bits per heavy atom. The monoisotopic (exact) mass is 242 g/mol. The van der Waals surface area contributed by atoms with E-state index in [1.54, 1.807) is 31.3 Å². The smallest absolute Gasteiger partial charge is 0.258 e. The molecule has 6 heteroatoms. The summed E-state index contributed by atoms with van der Waals surface area (Å²) in [5, 5.41) is 14.0. The molecule has 0 bridgehead atoms. The number of benzene rings is 1. The number of amides is 1. The second kappa shape index (κ2) is 3.99. The summed E-state index contributed by atoms with van der Waals surface area (Å²) < 4.78 is 4.93. The normalized spacial score (nSPS) is 10.7. The summed E-state index contributed by atoms with van der Waals surface area (Å²) in [6.45, 7) is 1.79. The summed E-state index contributed by atoms with van der Waals surface area (Å²) >= 11 is 0. The average molecular weight is 242 g/mol. The van der Waals surface area contributed by atoms with Crippen LogP contribution in [0.2, 0.25) is 0 Å². The molecule has 2 N–H and O–H groups in total. The number of anilines is 1. The molecule has 0 aliphatic heterocycles. The average Bonchev–Trinajstić information content (AvgIpc) is 2.96. The van der Waals surface area contributed by atoms with Crippen molar-refractivity contribution in [2.75, 3.05) is 5.32 Å². The van der Waals surface area contributed by atoms with Gasteiger partial charge in [0.25, 0.3) is 5.91 Å². The van der Waals surface area contributed by atoms with Gasteiger partial charge in [-0.2, -0.15) is 5.10 Å². The molecule has 0 spiro atoms. The molecule has 1 amide bonds. The minimum absolute atomic E-state index is 0.248. The highest BCUT2D eigenvalue weighted by Crippen LogP contribution is 2.15. The van der Waals surface area contributed by atoms with E-state index in [1.165, 1.54) is 0 Å². The summed E-state index contributed by atoms with van der Waals surface area (Å²) in [6.07, 6.45) is 1.71. The molecule has 2 aromatic heterocycles. The quantitative estimate of drug-likeness (QED) is 0.720. The topological polar surface area (TPSA) is 83.8 Å². The zero-order valence-corrected chi connectivity index (χ0v) is 9.60. The van der Waals surface area contributed by atoms with Crippen molar-refractivity contribution >= 4 is 22.7 Å². The fourth-order valence-corrected chi connectivity index (χ4v) is 1.68. The summed E-state index contributed by atoms with van der Waals surface area (Å²) in [7, 11) is 0. The van der Waals surface area contributed by atoms with E-state index in [9.17, 15) is 4.79 Å². The Hall–Kier alpha value is -2.63. The number of fused-ring (bicyclic) bond motifs is 1. The number of hydrogen-bond donors (Lipinski definition) is 2. The minimum Gasteiger partial charge on any atom is -0.338 e. The lowest BCUT2D eigenvalue weighted by molar-refractivity contribution is 0.102. The van der Waals surface area contributed by atoms with Gasteiger partial charge >= 0.3 is 0 Å². The summed E-state index contributed by atoms with van der Waals surface area (Å²) in [5.41, 5.74) is 2.06. The molecule has 6 nitrogen and oxygen atoms in total. The Morgan fingerprint density at radius 1 is 1.39 bits per heavy atom. The Morgan fingerprint density at radius 2 is 2.28 bits per heavy atom. The van der Waals surface area contributed by atoms with Crippen LogP contribution in [0.5, 0.6) is 0 Å². The predicted molar refractivity (Wildman–Crippen MR) is 65.3 cm³/mol. The molecule has 0 aliphatic carbocycles. The van der Waals surface area contributed by atoms with Crippen LogP contribution in [-0.4, -0.2) is 21.3 Å². The van der Waals surface area contributed by atoms with E-state index in [-0.39, 0.29) is 5.91 Å². The van der Waals surface area contributed by atoms with E-state index in [0.717, 1.165) is 10.9 Å². The second-order valence-corrected chi connectivity index (χ2v) is 3.96. The van der Waals surface area contributed by atoms with Crippen molar-refractivity contribution < 1.29 is 9.32 Å². The van der Waals surface area contributed by atoms with Crippen molar-refractivity contribution in [3.8, 4) is 0 Å². The van der Waals surface area contributed by atoms with Crippen LogP contribution in [0.25, 0.3) is 10.9 Å². The number of nitrogens with one attached hydrogen (secondary N) is 2. The number of nitrogens with zero attached hydrogens (tertiary/aromatic N) is 2. The van der Waals surface area contributed by atoms with Crippen LogP contribution in [0.1, 0.15) is 16.1 Å². The number of carbonyl (C=O) groups is 1. The lowest BCUT2D eigenvalue weighted by Crippen LogP contribution is -2.11. The third kappa shape index (κ3) is 1.84. The third-order valence-corrected chi connectivity index (χ3v) is 2.57. The van der Waals surface area contributed by atoms with Gasteiger partial charge in [-0.3, -0.25) is 15.2 Å². The summed E-state index contributed by atoms with van der Waals surface area (Å²) in [5.74, 6) is 0.0878. The number of hydrogen-bond acceptors (Lipinski definition) is 4.